The van der Waals surface area contributed by atoms with E-state index in [1.165, 1.54) is 12.1 Å². The van der Waals surface area contributed by atoms with E-state index in [4.69, 9.17) is 23.2 Å². The quantitative estimate of drug-likeness (QED) is 0.661. The molecular weight excluding hydrogens is 436 g/mol. The van der Waals surface area contributed by atoms with Crippen LogP contribution in [-0.4, -0.2) is 42.5 Å². The number of carbonyl (C=O) groups excluding carboxylic acids is 1. The van der Waals surface area contributed by atoms with Crippen LogP contribution in [0.15, 0.2) is 36.4 Å². The van der Waals surface area contributed by atoms with Gasteiger partial charge in [-0.25, -0.2) is 9.18 Å². The lowest BCUT2D eigenvalue weighted by atomic mass is 9.97. The molecule has 2 aromatic rings. The predicted octanol–water partition coefficient (Wildman–Crippen LogP) is 5.45. The molecule has 1 fully saturated rings. The van der Waals surface area contributed by atoms with Crippen molar-refractivity contribution in [2.24, 2.45) is 0 Å². The molecule has 0 bridgehead atoms. The second-order valence-electron chi connectivity index (χ2n) is 7.17. The first-order valence-electron chi connectivity index (χ1n) is 9.28. The maximum absolute atomic E-state index is 13.6. The molecule has 2 amide bonds. The van der Waals surface area contributed by atoms with Gasteiger partial charge in [0.15, 0.2) is 0 Å². The van der Waals surface area contributed by atoms with Crippen molar-refractivity contribution in [2.45, 2.75) is 25.9 Å². The largest absolute Gasteiger partial charge is 0.323 e. The van der Waals surface area contributed by atoms with Crippen molar-refractivity contribution in [1.29, 1.82) is 0 Å². The predicted molar refractivity (Wildman–Crippen MR) is 119 cm³/mol. The summed E-state index contributed by atoms with van der Waals surface area (Å²) in [4.78, 5) is 16.8. The molecule has 0 spiro atoms. The zero-order valence-corrected chi connectivity index (χ0v) is 18.8. The summed E-state index contributed by atoms with van der Waals surface area (Å²) in [6, 6.07) is 9.88. The summed E-state index contributed by atoms with van der Waals surface area (Å²) in [5, 5.41) is 4.43. The second kappa shape index (κ2) is 10.5. The van der Waals surface area contributed by atoms with Crippen LogP contribution in [0.5, 0.6) is 0 Å². The Bertz CT molecular complexity index is 845. The van der Waals surface area contributed by atoms with Gasteiger partial charge >= 0.3 is 6.03 Å². The van der Waals surface area contributed by atoms with Gasteiger partial charge in [-0.1, -0.05) is 29.3 Å². The fourth-order valence-corrected chi connectivity index (χ4v) is 4.27. The first-order chi connectivity index (χ1) is 13.3. The maximum Gasteiger partial charge on any atom is 0.320 e. The number of nitrogens with zero attached hydrogens (tertiary/aromatic N) is 2. The van der Waals surface area contributed by atoms with Crippen molar-refractivity contribution in [1.82, 2.24) is 15.1 Å². The fraction of sp³-hybridized carbons (Fsp3) is 0.381. The molecule has 0 saturated carbocycles. The van der Waals surface area contributed by atoms with Gasteiger partial charge in [-0.3, -0.25) is 0 Å². The van der Waals surface area contributed by atoms with Gasteiger partial charge in [0, 0.05) is 36.7 Å². The minimum absolute atomic E-state index is 0. The van der Waals surface area contributed by atoms with Crippen LogP contribution in [0, 0.1) is 12.7 Å². The first kappa shape index (κ1) is 23.7. The molecule has 0 aromatic heterocycles. The van der Waals surface area contributed by atoms with E-state index in [0.717, 1.165) is 36.2 Å². The number of carbonyl (C=O) groups is 1. The van der Waals surface area contributed by atoms with Crippen molar-refractivity contribution in [3.8, 4) is 0 Å². The summed E-state index contributed by atoms with van der Waals surface area (Å²) >= 11 is 12.2. The van der Waals surface area contributed by atoms with Gasteiger partial charge in [0.05, 0.1) is 6.04 Å². The number of hydrogen-bond donors (Lipinski definition) is 1. The zero-order chi connectivity index (χ0) is 20.3. The number of urea groups is 1. The third-order valence-electron chi connectivity index (χ3n) is 5.01. The Hall–Kier alpha value is -1.53. The number of rotatable bonds is 3. The number of nitrogens with one attached hydrogen (secondary N) is 1. The van der Waals surface area contributed by atoms with Crippen molar-refractivity contribution in [2.75, 3.05) is 26.7 Å². The van der Waals surface area contributed by atoms with E-state index in [2.05, 4.69) is 5.32 Å². The van der Waals surface area contributed by atoms with Gasteiger partial charge in [0.1, 0.15) is 5.82 Å². The second-order valence-corrected chi connectivity index (χ2v) is 8.04. The molecule has 1 heterocycles. The molecule has 1 saturated heterocycles. The first-order valence-corrected chi connectivity index (χ1v) is 10.0. The summed E-state index contributed by atoms with van der Waals surface area (Å²) in [5.41, 5.74) is 2.71. The van der Waals surface area contributed by atoms with E-state index in [1.54, 1.807) is 24.1 Å². The average molecular weight is 461 g/mol. The number of aryl methyl sites for hydroxylation is 1. The minimum Gasteiger partial charge on any atom is -0.323 e. The zero-order valence-electron chi connectivity index (χ0n) is 16.4. The Morgan fingerprint density at radius 2 is 1.90 bits per heavy atom. The van der Waals surface area contributed by atoms with Crippen LogP contribution in [-0.2, 0) is 6.54 Å². The third-order valence-corrected chi connectivity index (χ3v) is 5.44. The highest BCUT2D eigenvalue weighted by Gasteiger charge is 2.29. The molecule has 8 heteroatoms. The monoisotopic (exact) mass is 459 g/mol. The van der Waals surface area contributed by atoms with Crippen molar-refractivity contribution >= 4 is 41.6 Å². The molecule has 4 nitrogen and oxygen atoms in total. The molecule has 158 valence electrons. The summed E-state index contributed by atoms with van der Waals surface area (Å²) in [6.07, 6.45) is 0.773. The van der Waals surface area contributed by atoms with Gasteiger partial charge < -0.3 is 15.1 Å². The standard InChI is InChI=1S/C21H24Cl2FN3O.ClH/c1-14-9-18(24)3-4-19(14)20-5-6-25-7-8-27(20)21(28)26(2)13-15-10-16(22)12-17(23)11-15;/h3-4,9-12,20,25H,5-8,13H2,1-2H3;1H/t20-;/m1./s1. The summed E-state index contributed by atoms with van der Waals surface area (Å²) in [7, 11) is 1.77. The van der Waals surface area contributed by atoms with Crippen LogP contribution in [0.3, 0.4) is 0 Å². The molecule has 0 aliphatic carbocycles. The SMILES string of the molecule is Cc1cc(F)ccc1[C@H]1CCNCCN1C(=O)N(C)Cc1cc(Cl)cc(Cl)c1.Cl. The lowest BCUT2D eigenvalue weighted by Crippen LogP contribution is -2.44. The Labute approximate surface area is 187 Å². The van der Waals surface area contributed by atoms with Crippen molar-refractivity contribution in [3.63, 3.8) is 0 Å². The normalized spacial score (nSPS) is 16.7. The number of benzene rings is 2. The Kier molecular flexibility index (Phi) is 8.58. The number of amides is 2. The van der Waals surface area contributed by atoms with Crippen molar-refractivity contribution < 1.29 is 9.18 Å². The molecule has 1 aliphatic rings. The average Bonchev–Trinajstić information content (AvgIpc) is 2.86. The lowest BCUT2D eigenvalue weighted by Gasteiger charge is -2.34. The van der Waals surface area contributed by atoms with Crippen LogP contribution in [0.2, 0.25) is 10.0 Å². The topological polar surface area (TPSA) is 35.6 Å². The smallest absolute Gasteiger partial charge is 0.320 e. The molecule has 29 heavy (non-hydrogen) atoms. The summed E-state index contributed by atoms with van der Waals surface area (Å²) in [6.45, 7) is 4.40. The molecule has 0 unspecified atom stereocenters. The van der Waals surface area contributed by atoms with Gasteiger partial charge in [-0.05, 0) is 66.9 Å². The molecule has 1 aliphatic heterocycles. The number of hydrogen-bond acceptors (Lipinski definition) is 2. The van der Waals surface area contributed by atoms with Gasteiger partial charge in [0.2, 0.25) is 0 Å². The fourth-order valence-electron chi connectivity index (χ4n) is 3.70. The van der Waals surface area contributed by atoms with Crippen LogP contribution in [0.4, 0.5) is 9.18 Å². The van der Waals surface area contributed by atoms with Crippen molar-refractivity contribution in [3.05, 3.63) is 69.0 Å². The molecule has 1 N–H and O–H groups in total. The highest BCUT2D eigenvalue weighted by Crippen LogP contribution is 2.29. The van der Waals surface area contributed by atoms with E-state index < -0.39 is 0 Å². The highest BCUT2D eigenvalue weighted by atomic mass is 35.5. The van der Waals surface area contributed by atoms with Gasteiger partial charge in [-0.2, -0.15) is 0 Å². The summed E-state index contributed by atoms with van der Waals surface area (Å²) < 4.78 is 13.6. The Morgan fingerprint density at radius 1 is 1.21 bits per heavy atom. The molecule has 3 rings (SSSR count). The highest BCUT2D eigenvalue weighted by molar-refractivity contribution is 6.34. The Morgan fingerprint density at radius 3 is 2.55 bits per heavy atom. The van der Waals surface area contributed by atoms with E-state index in [-0.39, 0.29) is 30.3 Å². The van der Waals surface area contributed by atoms with E-state index in [0.29, 0.717) is 23.1 Å². The Balaban J connectivity index is 0.00000300. The number of halogens is 4. The maximum atomic E-state index is 13.6. The van der Waals surface area contributed by atoms with Gasteiger partial charge in [0.25, 0.3) is 0 Å². The molecule has 0 radical (unpaired) electrons. The minimum atomic E-state index is -0.263. The molecule has 2 aromatic carbocycles. The lowest BCUT2D eigenvalue weighted by molar-refractivity contribution is 0.142. The van der Waals surface area contributed by atoms with Crippen LogP contribution < -0.4 is 5.32 Å². The summed E-state index contributed by atoms with van der Waals surface area (Å²) in [5.74, 6) is -0.263. The third kappa shape index (κ3) is 5.98. The van der Waals surface area contributed by atoms with Crippen LogP contribution >= 0.6 is 35.6 Å². The van der Waals surface area contributed by atoms with E-state index in [9.17, 15) is 9.18 Å². The van der Waals surface area contributed by atoms with Crippen LogP contribution in [0.1, 0.15) is 29.2 Å². The molecule has 1 atom stereocenters. The molecular formula is C21H25Cl3FN3O. The van der Waals surface area contributed by atoms with E-state index >= 15 is 0 Å². The van der Waals surface area contributed by atoms with Crippen LogP contribution in [0.25, 0.3) is 0 Å². The van der Waals surface area contributed by atoms with E-state index in [1.807, 2.05) is 24.0 Å². The van der Waals surface area contributed by atoms with Gasteiger partial charge in [-0.15, -0.1) is 12.4 Å².